The first-order valence-electron chi connectivity index (χ1n) is 18.7. The molecule has 0 fully saturated rings. The fraction of sp³-hybridized carbons (Fsp3) is 0. The Bertz CT molecular complexity index is 3240. The molecule has 8 aromatic carbocycles. The molecule has 0 atom stereocenters. The minimum Gasteiger partial charge on any atom is -0.456 e. The maximum absolute atomic E-state index is 6.65. The SMILES string of the molecule is c1ccc(-c2cccc(-c3nc(-c4ccccc4)nc(-c4cccc5oc6cc(-c7cc(-c8ccccc8)c8c(c7)sc7ccccc78)ccc6c45)n3)c2)cc1. The standard InChI is InChI=1S/C51H31N3OS/c1-4-14-32(15-5-1)35-20-12-21-37(28-35)50-52-49(34-18-8-3-9-19-34)53-51(54-50)41-23-13-24-43-47(41)39-27-26-36(30-44(39)55-43)38-29-42(33-16-6-2-7-17-33)48-40-22-10-11-25-45(40)56-46(48)31-38/h1-31H. The third-order valence-electron chi connectivity index (χ3n) is 10.5. The molecule has 0 unspecified atom stereocenters. The first-order chi connectivity index (χ1) is 27.7. The van der Waals surface area contributed by atoms with Crippen LogP contribution in [0.4, 0.5) is 0 Å². The quantitative estimate of drug-likeness (QED) is 0.171. The van der Waals surface area contributed by atoms with E-state index < -0.39 is 0 Å². The minimum absolute atomic E-state index is 0.596. The van der Waals surface area contributed by atoms with Gasteiger partial charge in [-0.15, -0.1) is 11.3 Å². The Morgan fingerprint density at radius 1 is 0.321 bits per heavy atom. The van der Waals surface area contributed by atoms with E-state index in [0.717, 1.165) is 60.9 Å². The van der Waals surface area contributed by atoms with Crippen molar-refractivity contribution in [1.82, 2.24) is 15.0 Å². The lowest BCUT2D eigenvalue weighted by Crippen LogP contribution is -2.00. The molecule has 3 aromatic heterocycles. The van der Waals surface area contributed by atoms with Crippen molar-refractivity contribution in [2.75, 3.05) is 0 Å². The number of furan rings is 1. The predicted octanol–water partition coefficient (Wildman–Crippen LogP) is 14.1. The van der Waals surface area contributed by atoms with Crippen molar-refractivity contribution in [1.29, 1.82) is 0 Å². The Labute approximate surface area is 327 Å². The molecule has 11 aromatic rings. The van der Waals surface area contributed by atoms with Crippen LogP contribution >= 0.6 is 11.3 Å². The fourth-order valence-corrected chi connectivity index (χ4v) is 9.04. The molecule has 0 amide bonds. The molecule has 0 aliphatic rings. The fourth-order valence-electron chi connectivity index (χ4n) is 7.87. The van der Waals surface area contributed by atoms with Crippen LogP contribution in [-0.2, 0) is 0 Å². The highest BCUT2D eigenvalue weighted by Crippen LogP contribution is 2.44. The van der Waals surface area contributed by atoms with Gasteiger partial charge in [-0.1, -0.05) is 146 Å². The second kappa shape index (κ2) is 13.3. The highest BCUT2D eigenvalue weighted by molar-refractivity contribution is 7.26. The van der Waals surface area contributed by atoms with Crippen LogP contribution in [0.1, 0.15) is 0 Å². The topological polar surface area (TPSA) is 51.8 Å². The van der Waals surface area contributed by atoms with E-state index in [1.807, 2.05) is 59.9 Å². The number of aromatic nitrogens is 3. The first kappa shape index (κ1) is 32.2. The molecule has 3 heterocycles. The molecule has 4 nitrogen and oxygen atoms in total. The molecule has 0 radical (unpaired) electrons. The zero-order valence-electron chi connectivity index (χ0n) is 30.1. The van der Waals surface area contributed by atoms with Gasteiger partial charge in [0.05, 0.1) is 0 Å². The van der Waals surface area contributed by atoms with Gasteiger partial charge < -0.3 is 4.42 Å². The minimum atomic E-state index is 0.596. The number of nitrogens with zero attached hydrogens (tertiary/aromatic N) is 3. The molecule has 0 saturated heterocycles. The van der Waals surface area contributed by atoms with Crippen LogP contribution in [0.2, 0.25) is 0 Å². The molecule has 262 valence electrons. The van der Waals surface area contributed by atoms with E-state index >= 15 is 0 Å². The molecule has 56 heavy (non-hydrogen) atoms. The van der Waals surface area contributed by atoms with Gasteiger partial charge in [-0.2, -0.15) is 0 Å². The Kier molecular flexibility index (Phi) is 7.64. The number of hydrogen-bond acceptors (Lipinski definition) is 5. The third-order valence-corrected chi connectivity index (χ3v) is 11.6. The van der Waals surface area contributed by atoms with Gasteiger partial charge in [-0.25, -0.2) is 15.0 Å². The summed E-state index contributed by atoms with van der Waals surface area (Å²) >= 11 is 1.84. The molecule has 0 aliphatic carbocycles. The summed E-state index contributed by atoms with van der Waals surface area (Å²) in [5.41, 5.74) is 11.3. The van der Waals surface area contributed by atoms with E-state index in [4.69, 9.17) is 19.4 Å². The highest BCUT2D eigenvalue weighted by atomic mass is 32.1. The summed E-state index contributed by atoms with van der Waals surface area (Å²) in [6.07, 6.45) is 0. The van der Waals surface area contributed by atoms with E-state index in [2.05, 4.69) is 140 Å². The maximum atomic E-state index is 6.65. The zero-order valence-corrected chi connectivity index (χ0v) is 30.9. The van der Waals surface area contributed by atoms with Crippen molar-refractivity contribution in [2.24, 2.45) is 0 Å². The Morgan fingerprint density at radius 2 is 0.946 bits per heavy atom. The normalized spacial score (nSPS) is 11.6. The Hall–Kier alpha value is -7.21. The van der Waals surface area contributed by atoms with Gasteiger partial charge in [0.2, 0.25) is 0 Å². The lowest BCUT2D eigenvalue weighted by atomic mass is 9.94. The van der Waals surface area contributed by atoms with Crippen LogP contribution in [0.15, 0.2) is 192 Å². The van der Waals surface area contributed by atoms with E-state index in [1.54, 1.807) is 0 Å². The van der Waals surface area contributed by atoms with E-state index in [0.29, 0.717) is 17.5 Å². The molecule has 0 spiro atoms. The summed E-state index contributed by atoms with van der Waals surface area (Å²) in [6.45, 7) is 0. The van der Waals surface area contributed by atoms with Crippen LogP contribution in [0.3, 0.4) is 0 Å². The van der Waals surface area contributed by atoms with Crippen LogP contribution in [0.25, 0.3) is 110 Å². The summed E-state index contributed by atoms with van der Waals surface area (Å²) in [5, 5.41) is 4.58. The van der Waals surface area contributed by atoms with E-state index in [-0.39, 0.29) is 0 Å². The summed E-state index contributed by atoms with van der Waals surface area (Å²) in [4.78, 5) is 15.3. The van der Waals surface area contributed by atoms with Crippen molar-refractivity contribution < 1.29 is 4.42 Å². The number of rotatable bonds is 6. The Morgan fingerprint density at radius 3 is 1.75 bits per heavy atom. The van der Waals surface area contributed by atoms with E-state index in [1.165, 1.54) is 31.3 Å². The monoisotopic (exact) mass is 733 g/mol. The summed E-state index contributed by atoms with van der Waals surface area (Å²) in [7, 11) is 0. The molecule has 0 aliphatic heterocycles. The van der Waals surface area contributed by atoms with Crippen LogP contribution < -0.4 is 0 Å². The van der Waals surface area contributed by atoms with Gasteiger partial charge in [0.15, 0.2) is 17.5 Å². The summed E-state index contributed by atoms with van der Waals surface area (Å²) in [6, 6.07) is 65.6. The van der Waals surface area contributed by atoms with Crippen molar-refractivity contribution in [3.05, 3.63) is 188 Å². The van der Waals surface area contributed by atoms with Gasteiger partial charge in [0.25, 0.3) is 0 Å². The van der Waals surface area contributed by atoms with Crippen molar-refractivity contribution in [2.45, 2.75) is 0 Å². The summed E-state index contributed by atoms with van der Waals surface area (Å²) < 4.78 is 9.21. The molecule has 5 heteroatoms. The molecule has 0 saturated carbocycles. The third kappa shape index (κ3) is 5.56. The van der Waals surface area contributed by atoms with Crippen molar-refractivity contribution in [3.63, 3.8) is 0 Å². The molecular weight excluding hydrogens is 703 g/mol. The largest absolute Gasteiger partial charge is 0.456 e. The maximum Gasteiger partial charge on any atom is 0.164 e. The van der Waals surface area contributed by atoms with Gasteiger partial charge in [0, 0.05) is 47.6 Å². The van der Waals surface area contributed by atoms with Crippen LogP contribution in [0.5, 0.6) is 0 Å². The van der Waals surface area contributed by atoms with E-state index in [9.17, 15) is 0 Å². The molecule has 0 bridgehead atoms. The molecule has 0 N–H and O–H groups in total. The first-order valence-corrected chi connectivity index (χ1v) is 19.5. The van der Waals surface area contributed by atoms with Crippen molar-refractivity contribution >= 4 is 53.4 Å². The lowest BCUT2D eigenvalue weighted by Gasteiger charge is -2.10. The van der Waals surface area contributed by atoms with Gasteiger partial charge in [-0.3, -0.25) is 0 Å². The molecule has 11 rings (SSSR count). The predicted molar refractivity (Wildman–Crippen MR) is 233 cm³/mol. The average molecular weight is 734 g/mol. The van der Waals surface area contributed by atoms with Gasteiger partial charge >= 0.3 is 0 Å². The summed E-state index contributed by atoms with van der Waals surface area (Å²) in [5.74, 6) is 1.83. The second-order valence-electron chi connectivity index (χ2n) is 14.0. The smallest absolute Gasteiger partial charge is 0.164 e. The molecular formula is C51H31N3OS. The van der Waals surface area contributed by atoms with Crippen LogP contribution in [-0.4, -0.2) is 15.0 Å². The Balaban J connectivity index is 1.07. The lowest BCUT2D eigenvalue weighted by molar-refractivity contribution is 0.669. The van der Waals surface area contributed by atoms with Gasteiger partial charge in [0.1, 0.15) is 11.2 Å². The highest BCUT2D eigenvalue weighted by Gasteiger charge is 2.20. The number of fused-ring (bicyclic) bond motifs is 6. The number of benzene rings is 8. The second-order valence-corrected chi connectivity index (χ2v) is 15.1. The number of hydrogen-bond donors (Lipinski definition) is 0. The number of thiophene rings is 1. The van der Waals surface area contributed by atoms with Crippen LogP contribution in [0, 0.1) is 0 Å². The van der Waals surface area contributed by atoms with Gasteiger partial charge in [-0.05, 0) is 75.8 Å². The zero-order chi connectivity index (χ0) is 37.0. The average Bonchev–Trinajstić information content (AvgIpc) is 3.85. The van der Waals surface area contributed by atoms with Crippen molar-refractivity contribution in [3.8, 4) is 67.5 Å².